The molecular weight excluding hydrogens is 452 g/mol. The summed E-state index contributed by atoms with van der Waals surface area (Å²) < 4.78 is 19.6. The zero-order valence-corrected chi connectivity index (χ0v) is 20.1. The number of aliphatic hydroxyl groups is 1. The second-order valence-corrected chi connectivity index (χ2v) is 10.2. The van der Waals surface area contributed by atoms with Gasteiger partial charge in [0.25, 0.3) is 0 Å². The predicted molar refractivity (Wildman–Crippen MR) is 132 cm³/mol. The highest BCUT2D eigenvalue weighted by atomic mass is 35.5. The number of benzene rings is 2. The van der Waals surface area contributed by atoms with Gasteiger partial charge in [-0.2, -0.15) is 0 Å². The molecule has 0 unspecified atom stereocenters. The monoisotopic (exact) mass is 482 g/mol. The number of hydrogen-bond acceptors (Lipinski definition) is 5. The molecule has 0 spiro atoms. The first-order chi connectivity index (χ1) is 16.6. The Morgan fingerprint density at radius 2 is 1.71 bits per heavy atom. The van der Waals surface area contributed by atoms with Crippen LogP contribution in [0.3, 0.4) is 0 Å². The molecule has 7 heteroatoms. The van der Waals surface area contributed by atoms with Crippen LogP contribution in [-0.4, -0.2) is 46.7 Å². The van der Waals surface area contributed by atoms with E-state index in [1.165, 1.54) is 29.3 Å². The Hall–Kier alpha value is -2.41. The van der Waals surface area contributed by atoms with Crippen molar-refractivity contribution in [2.75, 3.05) is 19.9 Å². The lowest BCUT2D eigenvalue weighted by atomic mass is 10.1. The molecule has 3 aromatic rings. The van der Waals surface area contributed by atoms with E-state index in [1.54, 1.807) is 0 Å². The van der Waals surface area contributed by atoms with Crippen molar-refractivity contribution < 1.29 is 19.3 Å². The number of aliphatic hydroxyl groups excluding tert-OH is 1. The number of aromatic nitrogens is 1. The molecule has 180 valence electrons. The van der Waals surface area contributed by atoms with E-state index in [2.05, 4.69) is 33.9 Å². The number of ether oxygens (including phenoxy) is 3. The second-order valence-electron chi connectivity index (χ2n) is 9.79. The van der Waals surface area contributed by atoms with Crippen molar-refractivity contribution in [2.24, 2.45) is 0 Å². The zero-order valence-electron chi connectivity index (χ0n) is 19.3. The first-order valence-corrected chi connectivity index (χ1v) is 12.8. The van der Waals surface area contributed by atoms with E-state index in [-0.39, 0.29) is 12.9 Å². The number of rotatable bonds is 6. The summed E-state index contributed by atoms with van der Waals surface area (Å²) in [5.74, 6) is 2.40. The van der Waals surface area contributed by atoms with Crippen LogP contribution in [0.4, 0.5) is 0 Å². The number of nitrogens with zero attached hydrogens (tertiary/aromatic N) is 2. The molecule has 1 saturated carbocycles. The van der Waals surface area contributed by atoms with Crippen molar-refractivity contribution in [3.63, 3.8) is 0 Å². The van der Waals surface area contributed by atoms with Gasteiger partial charge in [0.15, 0.2) is 11.5 Å². The summed E-state index contributed by atoms with van der Waals surface area (Å²) in [4.78, 5) is 2.43. The molecule has 1 aromatic heterocycles. The van der Waals surface area contributed by atoms with Crippen LogP contribution in [0.25, 0.3) is 10.9 Å². The molecule has 0 bridgehead atoms. The summed E-state index contributed by atoms with van der Waals surface area (Å²) in [5.41, 5.74) is 3.45. The topological polar surface area (TPSA) is 56.1 Å². The van der Waals surface area contributed by atoms with E-state index in [9.17, 15) is 5.11 Å². The number of hydrogen-bond donors (Lipinski definition) is 1. The summed E-state index contributed by atoms with van der Waals surface area (Å²) in [6.07, 6.45) is 8.88. The summed E-state index contributed by atoms with van der Waals surface area (Å²) in [6, 6.07) is 10.3. The number of piperidine rings is 1. The average Bonchev–Trinajstić information content (AvgIpc) is 3.57. The van der Waals surface area contributed by atoms with Crippen molar-refractivity contribution in [3.05, 3.63) is 52.7 Å². The normalized spacial score (nSPS) is 19.4. The minimum Gasteiger partial charge on any atom is -0.490 e. The van der Waals surface area contributed by atoms with Crippen LogP contribution in [0.5, 0.6) is 17.2 Å². The van der Waals surface area contributed by atoms with Gasteiger partial charge in [-0.25, -0.2) is 0 Å². The Labute approximate surface area is 205 Å². The fourth-order valence-electron chi connectivity index (χ4n) is 5.46. The molecule has 2 aromatic carbocycles. The van der Waals surface area contributed by atoms with Gasteiger partial charge in [-0.05, 0) is 73.9 Å². The van der Waals surface area contributed by atoms with E-state index in [4.69, 9.17) is 25.8 Å². The van der Waals surface area contributed by atoms with Crippen molar-refractivity contribution in [1.29, 1.82) is 0 Å². The fraction of sp³-hybridized carbons (Fsp3) is 0.481. The lowest BCUT2D eigenvalue weighted by Gasteiger charge is -2.29. The van der Waals surface area contributed by atoms with Crippen LogP contribution in [0.15, 0.2) is 36.5 Å². The largest absolute Gasteiger partial charge is 0.490 e. The van der Waals surface area contributed by atoms with Crippen LogP contribution in [0.2, 0.25) is 5.02 Å². The zero-order chi connectivity index (χ0) is 23.1. The maximum atomic E-state index is 9.92. The molecule has 6 nitrogen and oxygen atoms in total. The van der Waals surface area contributed by atoms with Gasteiger partial charge in [-0.15, -0.1) is 0 Å². The Morgan fingerprint density at radius 1 is 0.941 bits per heavy atom. The van der Waals surface area contributed by atoms with Crippen molar-refractivity contribution in [1.82, 2.24) is 9.47 Å². The van der Waals surface area contributed by atoms with Gasteiger partial charge >= 0.3 is 0 Å². The molecule has 2 fully saturated rings. The van der Waals surface area contributed by atoms with Crippen LogP contribution < -0.4 is 14.2 Å². The molecule has 3 heterocycles. The van der Waals surface area contributed by atoms with E-state index >= 15 is 0 Å². The minimum atomic E-state index is -0.169. The number of fused-ring (bicyclic) bond motifs is 2. The maximum absolute atomic E-state index is 9.92. The van der Waals surface area contributed by atoms with Crippen LogP contribution in [0.1, 0.15) is 49.7 Å². The molecule has 1 saturated heterocycles. The lowest BCUT2D eigenvalue weighted by molar-refractivity contribution is 0.0794. The summed E-state index contributed by atoms with van der Waals surface area (Å²) >= 11 is 6.60. The van der Waals surface area contributed by atoms with Crippen LogP contribution in [-0.2, 0) is 13.1 Å². The highest BCUT2D eigenvalue weighted by Crippen LogP contribution is 2.38. The van der Waals surface area contributed by atoms with E-state index in [0.717, 1.165) is 62.4 Å². The molecular formula is C27H31ClN2O4. The van der Waals surface area contributed by atoms with Gasteiger partial charge in [-0.3, -0.25) is 4.90 Å². The second kappa shape index (κ2) is 9.33. The molecule has 6 rings (SSSR count). The summed E-state index contributed by atoms with van der Waals surface area (Å²) in [7, 11) is 0. The minimum absolute atomic E-state index is 0.169. The third kappa shape index (κ3) is 4.47. The third-order valence-electron chi connectivity index (χ3n) is 7.37. The fourth-order valence-corrected chi connectivity index (χ4v) is 5.67. The molecule has 1 aliphatic carbocycles. The Morgan fingerprint density at radius 3 is 2.50 bits per heavy atom. The molecule has 34 heavy (non-hydrogen) atoms. The molecule has 3 aliphatic rings. The van der Waals surface area contributed by atoms with E-state index < -0.39 is 0 Å². The van der Waals surface area contributed by atoms with Crippen molar-refractivity contribution in [3.8, 4) is 17.2 Å². The van der Waals surface area contributed by atoms with Gasteiger partial charge in [0.1, 0.15) is 5.75 Å². The van der Waals surface area contributed by atoms with Gasteiger partial charge < -0.3 is 23.9 Å². The molecule has 1 N–H and O–H groups in total. The van der Waals surface area contributed by atoms with Gasteiger partial charge in [-0.1, -0.05) is 11.6 Å². The standard InChI is InChI=1S/C27H31ClN2O4/c28-24-13-27-26(32-17-33-27)11-18(24)15-30-16-19(14-29-9-7-20(31)8-10-29)23-12-22(5-6-25(23)30)34-21-3-1-2-4-21/h5-6,11-13,16,20-21,31H,1-4,7-10,14-15,17H2. The van der Waals surface area contributed by atoms with E-state index in [1.807, 2.05) is 12.1 Å². The average molecular weight is 483 g/mol. The summed E-state index contributed by atoms with van der Waals surface area (Å²) in [5, 5.41) is 11.8. The Kier molecular flexibility index (Phi) is 6.06. The van der Waals surface area contributed by atoms with Crippen molar-refractivity contribution >= 4 is 22.5 Å². The first kappa shape index (κ1) is 22.1. The highest BCUT2D eigenvalue weighted by molar-refractivity contribution is 6.31. The van der Waals surface area contributed by atoms with Crippen molar-refractivity contribution in [2.45, 2.75) is 63.8 Å². The molecule has 0 atom stereocenters. The molecule has 0 radical (unpaired) electrons. The SMILES string of the molecule is OC1CCN(Cc2cn(Cc3cc4c(cc3Cl)OCO4)c3ccc(OC4CCCC4)cc23)CC1. The van der Waals surface area contributed by atoms with Gasteiger partial charge in [0, 0.05) is 54.4 Å². The summed E-state index contributed by atoms with van der Waals surface area (Å²) in [6.45, 7) is 3.58. The Balaban J connectivity index is 1.33. The Bertz CT molecular complexity index is 1180. The van der Waals surface area contributed by atoms with Crippen LogP contribution in [0, 0.1) is 0 Å². The number of likely N-dealkylation sites (tertiary alicyclic amines) is 1. The third-order valence-corrected chi connectivity index (χ3v) is 7.73. The quantitative estimate of drug-likeness (QED) is 0.513. The molecule has 2 aliphatic heterocycles. The van der Waals surface area contributed by atoms with Gasteiger partial charge in [0.05, 0.1) is 12.2 Å². The van der Waals surface area contributed by atoms with Crippen LogP contribution >= 0.6 is 11.6 Å². The smallest absolute Gasteiger partial charge is 0.231 e. The predicted octanol–water partition coefficient (Wildman–Crippen LogP) is 5.35. The maximum Gasteiger partial charge on any atom is 0.231 e. The lowest BCUT2D eigenvalue weighted by Crippen LogP contribution is -2.35. The highest BCUT2D eigenvalue weighted by Gasteiger charge is 2.22. The van der Waals surface area contributed by atoms with E-state index in [0.29, 0.717) is 23.4 Å². The van der Waals surface area contributed by atoms with Gasteiger partial charge in [0.2, 0.25) is 6.79 Å². The molecule has 0 amide bonds. The number of halogens is 1. The first-order valence-electron chi connectivity index (χ1n) is 12.4.